The summed E-state index contributed by atoms with van der Waals surface area (Å²) < 4.78 is 5.89. The van der Waals surface area contributed by atoms with Crippen LogP contribution in [-0.4, -0.2) is 36.5 Å². The number of hydrogen-bond donors (Lipinski definition) is 2. The fourth-order valence-electron chi connectivity index (χ4n) is 4.44. The zero-order chi connectivity index (χ0) is 13.3. The van der Waals surface area contributed by atoms with Crippen LogP contribution in [0.3, 0.4) is 0 Å². The second-order valence-corrected chi connectivity index (χ2v) is 6.84. The minimum absolute atomic E-state index is 0.0682. The molecule has 0 aromatic rings. The summed E-state index contributed by atoms with van der Waals surface area (Å²) in [7, 11) is 0. The van der Waals surface area contributed by atoms with Gasteiger partial charge in [-0.2, -0.15) is 0 Å². The van der Waals surface area contributed by atoms with E-state index in [9.17, 15) is 5.11 Å². The fourth-order valence-corrected chi connectivity index (χ4v) is 4.44. The highest BCUT2D eigenvalue weighted by atomic mass is 16.5. The first kappa shape index (κ1) is 13.8. The van der Waals surface area contributed by atoms with Crippen LogP contribution >= 0.6 is 0 Å². The van der Waals surface area contributed by atoms with Crippen molar-refractivity contribution < 1.29 is 9.84 Å². The van der Waals surface area contributed by atoms with E-state index in [4.69, 9.17) is 4.74 Å². The van der Waals surface area contributed by atoms with Gasteiger partial charge in [0.2, 0.25) is 0 Å². The van der Waals surface area contributed by atoms with Crippen LogP contribution in [0, 0.1) is 11.3 Å². The van der Waals surface area contributed by atoms with Gasteiger partial charge in [0, 0.05) is 24.6 Å². The van der Waals surface area contributed by atoms with Crippen molar-refractivity contribution in [3.8, 4) is 0 Å². The first-order valence-electron chi connectivity index (χ1n) is 8.29. The van der Waals surface area contributed by atoms with E-state index in [1.807, 2.05) is 0 Å². The van der Waals surface area contributed by atoms with Crippen molar-refractivity contribution in [3.63, 3.8) is 0 Å². The van der Waals surface area contributed by atoms with E-state index in [2.05, 4.69) is 12.2 Å². The molecule has 0 saturated heterocycles. The van der Waals surface area contributed by atoms with Gasteiger partial charge in [-0.1, -0.05) is 19.3 Å². The molecule has 3 rings (SSSR count). The number of aliphatic hydroxyl groups excluding tert-OH is 1. The lowest BCUT2D eigenvalue weighted by Crippen LogP contribution is -2.67. The molecule has 3 aliphatic carbocycles. The molecule has 0 aliphatic heterocycles. The van der Waals surface area contributed by atoms with Gasteiger partial charge < -0.3 is 15.2 Å². The second-order valence-electron chi connectivity index (χ2n) is 6.84. The van der Waals surface area contributed by atoms with Gasteiger partial charge in [0.25, 0.3) is 0 Å². The maximum absolute atomic E-state index is 10.0. The molecular formula is C16H29NO2. The predicted octanol–water partition coefficient (Wildman–Crippen LogP) is 2.47. The molecule has 110 valence electrons. The number of hydrogen-bond acceptors (Lipinski definition) is 3. The van der Waals surface area contributed by atoms with E-state index < -0.39 is 0 Å². The first-order valence-corrected chi connectivity index (χ1v) is 8.29. The Labute approximate surface area is 117 Å². The molecule has 3 nitrogen and oxygen atoms in total. The Morgan fingerprint density at radius 2 is 2.00 bits per heavy atom. The van der Waals surface area contributed by atoms with E-state index in [0.717, 1.165) is 19.6 Å². The lowest BCUT2D eigenvalue weighted by atomic mass is 9.51. The Morgan fingerprint density at radius 1 is 1.21 bits per heavy atom. The molecule has 0 aromatic heterocycles. The number of rotatable bonds is 5. The average molecular weight is 267 g/mol. The zero-order valence-corrected chi connectivity index (χ0v) is 12.2. The van der Waals surface area contributed by atoms with Crippen LogP contribution in [0.15, 0.2) is 0 Å². The Bertz CT molecular complexity index is 303. The smallest absolute Gasteiger partial charge is 0.0661 e. The van der Waals surface area contributed by atoms with Crippen LogP contribution in [0.1, 0.15) is 58.3 Å². The SMILES string of the molecule is CCOC1CC(NCC2CCCCC2O)C12CCC2. The largest absolute Gasteiger partial charge is 0.393 e. The molecule has 3 saturated carbocycles. The van der Waals surface area contributed by atoms with Crippen LogP contribution in [0.2, 0.25) is 0 Å². The predicted molar refractivity (Wildman–Crippen MR) is 76.1 cm³/mol. The molecule has 0 amide bonds. The highest BCUT2D eigenvalue weighted by Gasteiger charge is 2.58. The van der Waals surface area contributed by atoms with Crippen molar-refractivity contribution in [2.24, 2.45) is 11.3 Å². The molecule has 3 aliphatic rings. The zero-order valence-electron chi connectivity index (χ0n) is 12.2. The average Bonchev–Trinajstić information content (AvgIpc) is 2.32. The molecule has 2 N–H and O–H groups in total. The molecule has 4 atom stereocenters. The lowest BCUT2D eigenvalue weighted by molar-refractivity contribution is -0.173. The van der Waals surface area contributed by atoms with Gasteiger partial charge >= 0.3 is 0 Å². The second kappa shape index (κ2) is 5.71. The third kappa shape index (κ3) is 2.45. The maximum atomic E-state index is 10.0. The maximum Gasteiger partial charge on any atom is 0.0661 e. The number of aliphatic hydroxyl groups is 1. The first-order chi connectivity index (χ1) is 9.26. The van der Waals surface area contributed by atoms with E-state index >= 15 is 0 Å². The van der Waals surface area contributed by atoms with Crippen molar-refractivity contribution in [2.45, 2.75) is 76.5 Å². The molecule has 0 aromatic carbocycles. The van der Waals surface area contributed by atoms with Crippen molar-refractivity contribution in [1.82, 2.24) is 5.32 Å². The Morgan fingerprint density at radius 3 is 2.63 bits per heavy atom. The minimum atomic E-state index is -0.0682. The van der Waals surface area contributed by atoms with Crippen LogP contribution in [0.5, 0.6) is 0 Å². The van der Waals surface area contributed by atoms with Gasteiger partial charge in [0.1, 0.15) is 0 Å². The topological polar surface area (TPSA) is 41.5 Å². The number of ether oxygens (including phenoxy) is 1. The molecule has 0 bridgehead atoms. The molecule has 0 heterocycles. The number of nitrogens with one attached hydrogen (secondary N) is 1. The Kier molecular flexibility index (Phi) is 4.16. The molecule has 1 spiro atoms. The van der Waals surface area contributed by atoms with Gasteiger partial charge in [-0.15, -0.1) is 0 Å². The molecule has 3 heteroatoms. The Balaban J connectivity index is 1.48. The van der Waals surface area contributed by atoms with Gasteiger partial charge in [-0.3, -0.25) is 0 Å². The lowest BCUT2D eigenvalue weighted by Gasteiger charge is -2.61. The summed E-state index contributed by atoms with van der Waals surface area (Å²) in [5.41, 5.74) is 0.454. The van der Waals surface area contributed by atoms with E-state index in [0.29, 0.717) is 23.5 Å². The minimum Gasteiger partial charge on any atom is -0.393 e. The highest BCUT2D eigenvalue weighted by Crippen LogP contribution is 2.57. The summed E-state index contributed by atoms with van der Waals surface area (Å²) in [5, 5.41) is 13.8. The van der Waals surface area contributed by atoms with Crippen LogP contribution in [0.25, 0.3) is 0 Å². The van der Waals surface area contributed by atoms with Crippen molar-refractivity contribution in [1.29, 1.82) is 0 Å². The summed E-state index contributed by atoms with van der Waals surface area (Å²) in [6.45, 7) is 3.96. The normalized spacial score (nSPS) is 40.7. The quantitative estimate of drug-likeness (QED) is 0.804. The molecule has 19 heavy (non-hydrogen) atoms. The molecular weight excluding hydrogens is 238 g/mol. The van der Waals surface area contributed by atoms with Crippen molar-refractivity contribution in [3.05, 3.63) is 0 Å². The van der Waals surface area contributed by atoms with Gasteiger partial charge in [0.15, 0.2) is 0 Å². The summed E-state index contributed by atoms with van der Waals surface area (Å²) in [4.78, 5) is 0. The van der Waals surface area contributed by atoms with E-state index in [1.165, 1.54) is 44.9 Å². The van der Waals surface area contributed by atoms with Crippen molar-refractivity contribution in [2.75, 3.05) is 13.2 Å². The fraction of sp³-hybridized carbons (Fsp3) is 1.00. The van der Waals surface area contributed by atoms with Crippen LogP contribution < -0.4 is 5.32 Å². The van der Waals surface area contributed by atoms with Gasteiger partial charge in [0.05, 0.1) is 12.2 Å². The molecule has 3 fully saturated rings. The summed E-state index contributed by atoms with van der Waals surface area (Å²) >= 11 is 0. The van der Waals surface area contributed by atoms with E-state index in [1.54, 1.807) is 0 Å². The van der Waals surface area contributed by atoms with E-state index in [-0.39, 0.29) is 6.10 Å². The van der Waals surface area contributed by atoms with Crippen LogP contribution in [0.4, 0.5) is 0 Å². The summed E-state index contributed by atoms with van der Waals surface area (Å²) in [5.74, 6) is 0.483. The van der Waals surface area contributed by atoms with Gasteiger partial charge in [-0.05, 0) is 44.9 Å². The molecule has 0 radical (unpaired) electrons. The van der Waals surface area contributed by atoms with Gasteiger partial charge in [-0.25, -0.2) is 0 Å². The third-order valence-corrected chi connectivity index (χ3v) is 5.93. The Hall–Kier alpha value is -0.120. The van der Waals surface area contributed by atoms with Crippen LogP contribution in [-0.2, 0) is 4.74 Å². The highest BCUT2D eigenvalue weighted by molar-refractivity contribution is 5.12. The summed E-state index contributed by atoms with van der Waals surface area (Å²) in [6, 6.07) is 0.645. The monoisotopic (exact) mass is 267 g/mol. The third-order valence-electron chi connectivity index (χ3n) is 5.93. The summed E-state index contributed by atoms with van der Waals surface area (Å²) in [6.07, 6.45) is 10.3. The van der Waals surface area contributed by atoms with Crippen molar-refractivity contribution >= 4 is 0 Å². The standard InChI is InChI=1S/C16H29NO2/c1-2-19-15-10-14(16(15)8-5-9-16)17-11-12-6-3-4-7-13(12)18/h12-15,17-18H,2-11H2,1H3. The molecule has 4 unspecified atom stereocenters.